The largest absolute Gasteiger partial charge is 0.418 e. The standard InChI is InChI=1S/C22H20F7N5/c23-15-7-5-14(6-8-15)17-18(34(12-32-17)19(21(24,25)26)22(27,28)29)16-9-10-30-20(33-16)31-11-13-3-1-2-4-13/h5-10,12-13,19H,1-4,11H2,(H,30,31,33). The molecule has 1 aromatic carbocycles. The molecular weight excluding hydrogens is 467 g/mol. The van der Waals surface area contributed by atoms with E-state index < -0.39 is 29.9 Å². The zero-order valence-corrected chi connectivity index (χ0v) is 17.7. The number of nitrogens with zero attached hydrogens (tertiary/aromatic N) is 4. The Morgan fingerprint density at radius 1 is 0.941 bits per heavy atom. The molecule has 4 rings (SSSR count). The number of rotatable bonds is 6. The lowest BCUT2D eigenvalue weighted by Gasteiger charge is -2.26. The Kier molecular flexibility index (Phi) is 6.50. The Morgan fingerprint density at radius 3 is 2.21 bits per heavy atom. The molecule has 0 saturated heterocycles. The van der Waals surface area contributed by atoms with Crippen LogP contribution in [0.4, 0.5) is 36.7 Å². The Morgan fingerprint density at radius 2 is 1.59 bits per heavy atom. The molecule has 0 atom stereocenters. The average molecular weight is 487 g/mol. The maximum atomic E-state index is 13.6. The van der Waals surface area contributed by atoms with Crippen LogP contribution in [0.5, 0.6) is 0 Å². The van der Waals surface area contributed by atoms with Gasteiger partial charge in [-0.3, -0.25) is 0 Å². The van der Waals surface area contributed by atoms with E-state index in [1.807, 2.05) is 0 Å². The van der Waals surface area contributed by atoms with Crippen LogP contribution in [0.25, 0.3) is 22.6 Å². The number of hydrogen-bond donors (Lipinski definition) is 1. The van der Waals surface area contributed by atoms with Gasteiger partial charge in [-0.05, 0) is 49.1 Å². The summed E-state index contributed by atoms with van der Waals surface area (Å²) in [5.74, 6) is -0.140. The second-order valence-corrected chi connectivity index (χ2v) is 8.14. The first kappa shape index (κ1) is 24.0. The summed E-state index contributed by atoms with van der Waals surface area (Å²) in [5, 5.41) is 3.02. The van der Waals surface area contributed by atoms with Gasteiger partial charge in [0.05, 0.1) is 23.4 Å². The van der Waals surface area contributed by atoms with Gasteiger partial charge < -0.3 is 9.88 Å². The summed E-state index contributed by atoms with van der Waals surface area (Å²) in [6.45, 7) is 0.543. The minimum atomic E-state index is -5.65. The van der Waals surface area contributed by atoms with Gasteiger partial charge in [-0.1, -0.05) is 12.8 Å². The van der Waals surface area contributed by atoms with E-state index in [1.165, 1.54) is 24.4 Å². The highest BCUT2D eigenvalue weighted by molar-refractivity contribution is 5.77. The second kappa shape index (κ2) is 9.22. The molecular formula is C22H20F7N5. The molecule has 1 aliphatic rings. The van der Waals surface area contributed by atoms with Crippen LogP contribution in [0, 0.1) is 11.7 Å². The summed E-state index contributed by atoms with van der Waals surface area (Å²) in [6, 6.07) is 1.90. The number of anilines is 1. The monoisotopic (exact) mass is 487 g/mol. The van der Waals surface area contributed by atoms with Crippen molar-refractivity contribution in [2.24, 2.45) is 5.92 Å². The lowest BCUT2D eigenvalue weighted by atomic mass is 10.1. The predicted molar refractivity (Wildman–Crippen MR) is 110 cm³/mol. The molecule has 0 radical (unpaired) electrons. The number of alkyl halides is 6. The first-order valence-corrected chi connectivity index (χ1v) is 10.6. The number of nitrogens with one attached hydrogen (secondary N) is 1. The molecule has 0 aliphatic heterocycles. The van der Waals surface area contributed by atoms with E-state index >= 15 is 0 Å². The van der Waals surface area contributed by atoms with Gasteiger partial charge in [0.15, 0.2) is 0 Å². The van der Waals surface area contributed by atoms with Gasteiger partial charge in [0.2, 0.25) is 12.0 Å². The Labute approximate surface area is 190 Å². The van der Waals surface area contributed by atoms with E-state index in [4.69, 9.17) is 0 Å². The SMILES string of the molecule is Fc1ccc(-c2ncn(C(C(F)(F)F)C(F)(F)F)c2-c2ccnc(NCC3CCCC3)n2)cc1. The first-order chi connectivity index (χ1) is 16.0. The predicted octanol–water partition coefficient (Wildman–Crippen LogP) is 6.41. The highest BCUT2D eigenvalue weighted by atomic mass is 19.4. The summed E-state index contributed by atoms with van der Waals surface area (Å²) >= 11 is 0. The normalized spacial score (nSPS) is 15.3. The van der Waals surface area contributed by atoms with E-state index in [-0.39, 0.29) is 27.5 Å². The van der Waals surface area contributed by atoms with Crippen LogP contribution < -0.4 is 5.32 Å². The third-order valence-corrected chi connectivity index (χ3v) is 5.73. The maximum absolute atomic E-state index is 13.6. The second-order valence-electron chi connectivity index (χ2n) is 8.14. The number of benzene rings is 1. The highest BCUT2D eigenvalue weighted by Crippen LogP contribution is 2.46. The first-order valence-electron chi connectivity index (χ1n) is 10.6. The third-order valence-electron chi connectivity index (χ3n) is 5.73. The molecule has 2 heterocycles. The minimum absolute atomic E-state index is 0.0156. The van der Waals surface area contributed by atoms with E-state index in [0.29, 0.717) is 18.8 Å². The van der Waals surface area contributed by atoms with Crippen LogP contribution in [0.1, 0.15) is 31.7 Å². The quantitative estimate of drug-likeness (QED) is 0.408. The van der Waals surface area contributed by atoms with Crippen LogP contribution in [-0.4, -0.2) is 38.4 Å². The van der Waals surface area contributed by atoms with Crippen LogP contribution in [0.3, 0.4) is 0 Å². The number of halogens is 7. The molecule has 1 aliphatic carbocycles. The van der Waals surface area contributed by atoms with Crippen molar-refractivity contribution < 1.29 is 30.7 Å². The number of imidazole rings is 1. The van der Waals surface area contributed by atoms with Gasteiger partial charge in [-0.25, -0.2) is 19.3 Å². The fourth-order valence-electron chi connectivity index (χ4n) is 4.16. The molecule has 1 saturated carbocycles. The summed E-state index contributed by atoms with van der Waals surface area (Å²) in [6.07, 6.45) is -5.32. The molecule has 12 heteroatoms. The summed E-state index contributed by atoms with van der Waals surface area (Å²) < 4.78 is 94.8. The van der Waals surface area contributed by atoms with Crippen molar-refractivity contribution in [2.45, 2.75) is 44.1 Å². The van der Waals surface area contributed by atoms with E-state index in [9.17, 15) is 30.7 Å². The molecule has 3 aromatic rings. The van der Waals surface area contributed by atoms with Gasteiger partial charge in [-0.15, -0.1) is 0 Å². The molecule has 182 valence electrons. The van der Waals surface area contributed by atoms with Gasteiger partial charge in [-0.2, -0.15) is 26.3 Å². The molecule has 1 fully saturated rings. The van der Waals surface area contributed by atoms with Crippen LogP contribution in [0.15, 0.2) is 42.9 Å². The van der Waals surface area contributed by atoms with E-state index in [0.717, 1.165) is 37.8 Å². The van der Waals surface area contributed by atoms with Crippen molar-refractivity contribution in [3.63, 3.8) is 0 Å². The van der Waals surface area contributed by atoms with E-state index in [1.54, 1.807) is 0 Å². The average Bonchev–Trinajstić information content (AvgIpc) is 3.41. The smallest absolute Gasteiger partial charge is 0.354 e. The van der Waals surface area contributed by atoms with Gasteiger partial charge in [0.1, 0.15) is 5.82 Å². The summed E-state index contributed by atoms with van der Waals surface area (Å²) in [4.78, 5) is 12.1. The van der Waals surface area contributed by atoms with Crippen molar-refractivity contribution >= 4 is 5.95 Å². The molecule has 0 bridgehead atoms. The molecule has 0 spiro atoms. The fraction of sp³-hybridized carbons (Fsp3) is 0.409. The Hall–Kier alpha value is -3.18. The van der Waals surface area contributed by atoms with Crippen LogP contribution in [-0.2, 0) is 0 Å². The lowest BCUT2D eigenvalue weighted by Crippen LogP contribution is -2.38. The molecule has 1 N–H and O–H groups in total. The zero-order valence-electron chi connectivity index (χ0n) is 17.7. The van der Waals surface area contributed by atoms with Crippen LogP contribution >= 0.6 is 0 Å². The fourth-order valence-corrected chi connectivity index (χ4v) is 4.16. The lowest BCUT2D eigenvalue weighted by molar-refractivity contribution is -0.273. The minimum Gasteiger partial charge on any atom is -0.354 e. The molecule has 5 nitrogen and oxygen atoms in total. The molecule has 2 aromatic heterocycles. The maximum Gasteiger partial charge on any atom is 0.418 e. The Balaban J connectivity index is 1.81. The summed E-state index contributed by atoms with van der Waals surface area (Å²) in [5.41, 5.74) is -0.743. The summed E-state index contributed by atoms with van der Waals surface area (Å²) in [7, 11) is 0. The number of hydrogen-bond acceptors (Lipinski definition) is 4. The molecule has 0 amide bonds. The highest BCUT2D eigenvalue weighted by Gasteiger charge is 2.58. The van der Waals surface area contributed by atoms with Crippen molar-refractivity contribution in [1.29, 1.82) is 0 Å². The number of aromatic nitrogens is 4. The van der Waals surface area contributed by atoms with Crippen molar-refractivity contribution in [1.82, 2.24) is 19.5 Å². The van der Waals surface area contributed by atoms with Gasteiger partial charge >= 0.3 is 12.4 Å². The van der Waals surface area contributed by atoms with Crippen LogP contribution in [0.2, 0.25) is 0 Å². The molecule has 0 unspecified atom stereocenters. The van der Waals surface area contributed by atoms with Gasteiger partial charge in [0.25, 0.3) is 0 Å². The zero-order chi connectivity index (χ0) is 24.5. The topological polar surface area (TPSA) is 55.6 Å². The molecule has 34 heavy (non-hydrogen) atoms. The van der Waals surface area contributed by atoms with Crippen molar-refractivity contribution in [2.75, 3.05) is 11.9 Å². The van der Waals surface area contributed by atoms with Crippen molar-refractivity contribution in [3.05, 3.63) is 48.7 Å². The van der Waals surface area contributed by atoms with E-state index in [2.05, 4.69) is 20.3 Å². The van der Waals surface area contributed by atoms with Gasteiger partial charge in [0, 0.05) is 18.3 Å². The third kappa shape index (κ3) is 5.15. The Bertz CT molecular complexity index is 1100. The van der Waals surface area contributed by atoms with Crippen molar-refractivity contribution in [3.8, 4) is 22.6 Å².